The minimum atomic E-state index is -0.534. The molecular weight excluding hydrogens is 370 g/mol. The second-order valence-electron chi connectivity index (χ2n) is 6.84. The SMILES string of the molecule is CN(CCC(c1ccc(F)cc1F)N1CCOCC1)Cc1ccccc1.Cl. The van der Waals surface area contributed by atoms with E-state index in [4.69, 9.17) is 4.74 Å². The Kier molecular flexibility index (Phi) is 8.64. The lowest BCUT2D eigenvalue weighted by Gasteiger charge is -2.35. The molecular formula is C21H27ClF2N2O. The van der Waals surface area contributed by atoms with E-state index in [1.807, 2.05) is 18.2 Å². The Hall–Kier alpha value is -1.53. The van der Waals surface area contributed by atoms with Crippen LogP contribution in [0.15, 0.2) is 48.5 Å². The molecule has 0 saturated carbocycles. The summed E-state index contributed by atoms with van der Waals surface area (Å²) < 4.78 is 33.2. The van der Waals surface area contributed by atoms with Gasteiger partial charge in [0.1, 0.15) is 11.6 Å². The van der Waals surface area contributed by atoms with Gasteiger partial charge in [-0.1, -0.05) is 36.4 Å². The molecule has 1 saturated heterocycles. The number of morpholine rings is 1. The maximum atomic E-state index is 14.4. The fourth-order valence-electron chi connectivity index (χ4n) is 3.51. The first kappa shape index (κ1) is 21.8. The summed E-state index contributed by atoms with van der Waals surface area (Å²) in [6, 6.07) is 14.1. The second-order valence-corrected chi connectivity index (χ2v) is 6.84. The fourth-order valence-corrected chi connectivity index (χ4v) is 3.51. The van der Waals surface area contributed by atoms with Gasteiger partial charge in [-0.15, -0.1) is 12.4 Å². The van der Waals surface area contributed by atoms with Crippen LogP contribution in [0.3, 0.4) is 0 Å². The van der Waals surface area contributed by atoms with Gasteiger partial charge >= 0.3 is 0 Å². The third kappa shape index (κ3) is 6.25. The van der Waals surface area contributed by atoms with Crippen LogP contribution in [0.5, 0.6) is 0 Å². The minimum absolute atomic E-state index is 0. The van der Waals surface area contributed by atoms with E-state index in [1.54, 1.807) is 6.07 Å². The van der Waals surface area contributed by atoms with Gasteiger partial charge in [-0.3, -0.25) is 4.90 Å². The highest BCUT2D eigenvalue weighted by Crippen LogP contribution is 2.28. The summed E-state index contributed by atoms with van der Waals surface area (Å²) in [6.45, 7) is 4.52. The lowest BCUT2D eigenvalue weighted by molar-refractivity contribution is 0.0116. The Labute approximate surface area is 166 Å². The number of halogens is 3. The summed E-state index contributed by atoms with van der Waals surface area (Å²) >= 11 is 0. The third-order valence-electron chi connectivity index (χ3n) is 4.89. The van der Waals surface area contributed by atoms with Crippen molar-refractivity contribution >= 4 is 12.4 Å². The second kappa shape index (κ2) is 10.7. The van der Waals surface area contributed by atoms with Crippen molar-refractivity contribution in [2.24, 2.45) is 0 Å². The topological polar surface area (TPSA) is 15.7 Å². The van der Waals surface area contributed by atoms with Crippen LogP contribution >= 0.6 is 12.4 Å². The molecule has 0 spiro atoms. The van der Waals surface area contributed by atoms with Crippen LogP contribution in [-0.4, -0.2) is 49.7 Å². The molecule has 3 rings (SSSR count). The Morgan fingerprint density at radius 1 is 1.07 bits per heavy atom. The van der Waals surface area contributed by atoms with Crippen molar-refractivity contribution in [3.8, 4) is 0 Å². The standard InChI is InChI=1S/C21H26F2N2O.ClH/c1-24(16-17-5-3-2-4-6-17)10-9-21(25-11-13-26-14-12-25)19-8-7-18(22)15-20(19)23;/h2-8,15,21H,9-14,16H2,1H3;1H. The molecule has 2 aromatic carbocycles. The Bertz CT molecular complexity index is 696. The zero-order valence-corrected chi connectivity index (χ0v) is 16.4. The van der Waals surface area contributed by atoms with Gasteiger partial charge in [0.25, 0.3) is 0 Å². The van der Waals surface area contributed by atoms with Gasteiger partial charge in [0.15, 0.2) is 0 Å². The maximum absolute atomic E-state index is 14.4. The Morgan fingerprint density at radius 3 is 2.44 bits per heavy atom. The predicted octanol–water partition coefficient (Wildman–Crippen LogP) is 4.28. The van der Waals surface area contributed by atoms with Crippen LogP contribution < -0.4 is 0 Å². The van der Waals surface area contributed by atoms with Crippen LogP contribution in [0.2, 0.25) is 0 Å². The monoisotopic (exact) mass is 396 g/mol. The largest absolute Gasteiger partial charge is 0.379 e. The summed E-state index contributed by atoms with van der Waals surface area (Å²) in [6.07, 6.45) is 0.784. The molecule has 0 bridgehead atoms. The van der Waals surface area contributed by atoms with Gasteiger partial charge in [0.05, 0.1) is 13.2 Å². The molecule has 3 nitrogen and oxygen atoms in total. The van der Waals surface area contributed by atoms with Crippen molar-refractivity contribution in [1.82, 2.24) is 9.80 Å². The van der Waals surface area contributed by atoms with Gasteiger partial charge in [0.2, 0.25) is 0 Å². The summed E-state index contributed by atoms with van der Waals surface area (Å²) in [7, 11) is 2.07. The Balaban J connectivity index is 0.00000261. The maximum Gasteiger partial charge on any atom is 0.130 e. The lowest BCUT2D eigenvalue weighted by Crippen LogP contribution is -2.40. The molecule has 1 aliphatic rings. The molecule has 2 aromatic rings. The number of hydrogen-bond acceptors (Lipinski definition) is 3. The van der Waals surface area contributed by atoms with E-state index in [9.17, 15) is 8.78 Å². The molecule has 6 heteroatoms. The predicted molar refractivity (Wildman–Crippen MR) is 106 cm³/mol. The first-order valence-electron chi connectivity index (χ1n) is 9.12. The van der Waals surface area contributed by atoms with Crippen molar-refractivity contribution in [3.63, 3.8) is 0 Å². The molecule has 0 amide bonds. The molecule has 1 fully saturated rings. The van der Waals surface area contributed by atoms with E-state index >= 15 is 0 Å². The fraction of sp³-hybridized carbons (Fsp3) is 0.429. The normalized spacial score (nSPS) is 16.1. The van der Waals surface area contributed by atoms with Crippen LogP contribution in [0.4, 0.5) is 8.78 Å². The molecule has 0 N–H and O–H groups in total. The average molecular weight is 397 g/mol. The van der Waals surface area contributed by atoms with Crippen LogP contribution in [0.1, 0.15) is 23.6 Å². The average Bonchev–Trinajstić information content (AvgIpc) is 2.65. The summed E-state index contributed by atoms with van der Waals surface area (Å²) in [5.41, 5.74) is 1.83. The van der Waals surface area contributed by atoms with Gasteiger partial charge in [-0.2, -0.15) is 0 Å². The van der Waals surface area contributed by atoms with Gasteiger partial charge < -0.3 is 9.64 Å². The van der Waals surface area contributed by atoms with Crippen molar-refractivity contribution in [1.29, 1.82) is 0 Å². The molecule has 1 heterocycles. The molecule has 148 valence electrons. The highest BCUT2D eigenvalue weighted by molar-refractivity contribution is 5.85. The zero-order valence-electron chi connectivity index (χ0n) is 15.6. The third-order valence-corrected chi connectivity index (χ3v) is 4.89. The molecule has 1 unspecified atom stereocenters. The first-order valence-corrected chi connectivity index (χ1v) is 9.12. The smallest absolute Gasteiger partial charge is 0.130 e. The summed E-state index contributed by atoms with van der Waals surface area (Å²) in [4.78, 5) is 4.49. The van der Waals surface area contributed by atoms with Crippen LogP contribution in [0.25, 0.3) is 0 Å². The van der Waals surface area contributed by atoms with Gasteiger partial charge in [0, 0.05) is 43.9 Å². The number of ether oxygens (including phenoxy) is 1. The van der Waals surface area contributed by atoms with Gasteiger partial charge in [-0.05, 0) is 25.1 Å². The van der Waals surface area contributed by atoms with Gasteiger partial charge in [-0.25, -0.2) is 8.78 Å². The summed E-state index contributed by atoms with van der Waals surface area (Å²) in [5, 5.41) is 0. The number of hydrogen-bond donors (Lipinski definition) is 0. The summed E-state index contributed by atoms with van der Waals surface area (Å²) in [5.74, 6) is -1.000. The highest BCUT2D eigenvalue weighted by atomic mass is 35.5. The van der Waals surface area contributed by atoms with E-state index in [-0.39, 0.29) is 18.4 Å². The van der Waals surface area contributed by atoms with Crippen molar-refractivity contribution < 1.29 is 13.5 Å². The van der Waals surface area contributed by atoms with Crippen molar-refractivity contribution in [2.45, 2.75) is 19.0 Å². The molecule has 1 atom stereocenters. The number of rotatable bonds is 7. The van der Waals surface area contributed by atoms with Crippen LogP contribution in [-0.2, 0) is 11.3 Å². The molecule has 1 aliphatic heterocycles. The van der Waals surface area contributed by atoms with E-state index in [2.05, 4.69) is 29.0 Å². The lowest BCUT2D eigenvalue weighted by atomic mass is 10.00. The number of nitrogens with zero attached hydrogens (tertiary/aromatic N) is 2. The quantitative estimate of drug-likeness (QED) is 0.694. The molecule has 27 heavy (non-hydrogen) atoms. The minimum Gasteiger partial charge on any atom is -0.379 e. The van der Waals surface area contributed by atoms with E-state index < -0.39 is 11.6 Å². The Morgan fingerprint density at radius 2 is 1.78 bits per heavy atom. The molecule has 0 aromatic heterocycles. The van der Waals surface area contributed by atoms with E-state index in [0.717, 1.165) is 38.7 Å². The van der Waals surface area contributed by atoms with Crippen LogP contribution in [0, 0.1) is 11.6 Å². The molecule has 0 aliphatic carbocycles. The number of benzene rings is 2. The van der Waals surface area contributed by atoms with Crippen molar-refractivity contribution in [3.05, 3.63) is 71.3 Å². The van der Waals surface area contributed by atoms with E-state index in [1.165, 1.54) is 11.6 Å². The van der Waals surface area contributed by atoms with Crippen molar-refractivity contribution in [2.75, 3.05) is 39.9 Å². The highest BCUT2D eigenvalue weighted by Gasteiger charge is 2.25. The zero-order chi connectivity index (χ0) is 18.4. The first-order chi connectivity index (χ1) is 12.6. The van der Waals surface area contributed by atoms with E-state index in [0.29, 0.717) is 18.8 Å². The molecule has 0 radical (unpaired) electrons.